The minimum Gasteiger partial charge on any atom is -0.462 e. The van der Waals surface area contributed by atoms with Crippen molar-refractivity contribution in [2.75, 3.05) is 54.6 Å². The Morgan fingerprint density at radius 2 is 1.78 bits per heavy atom. The zero-order chi connectivity index (χ0) is 31.0. The van der Waals surface area contributed by atoms with Crippen molar-refractivity contribution >= 4 is 46.3 Å². The molecular weight excluding hydrogens is 590 g/mol. The number of ether oxygens (including phenoxy) is 2. The average molecular weight is 624 g/mol. The molecule has 0 unspecified atom stereocenters. The number of carbonyl (C=O) groups excluding carboxylic acids is 3. The van der Waals surface area contributed by atoms with E-state index in [9.17, 15) is 14.4 Å². The maximum atomic E-state index is 13.8. The number of nitrogens with zero attached hydrogens (tertiary/aromatic N) is 4. The van der Waals surface area contributed by atoms with Crippen molar-refractivity contribution in [1.82, 2.24) is 9.97 Å². The van der Waals surface area contributed by atoms with Gasteiger partial charge in [-0.3, -0.25) is 14.6 Å². The Kier molecular flexibility index (Phi) is 7.80. The first kappa shape index (κ1) is 29.1. The number of benzene rings is 1. The van der Waals surface area contributed by atoms with Gasteiger partial charge in [0, 0.05) is 61.9 Å². The quantitative estimate of drug-likeness (QED) is 0.282. The molecule has 0 aliphatic carbocycles. The van der Waals surface area contributed by atoms with Crippen LogP contribution in [0.3, 0.4) is 0 Å². The highest BCUT2D eigenvalue weighted by atomic mass is 32.1. The molecule has 2 amide bonds. The molecule has 3 aliphatic rings. The van der Waals surface area contributed by atoms with Gasteiger partial charge in [0.2, 0.25) is 0 Å². The first-order chi connectivity index (χ1) is 21.9. The number of carbonyl (C=O) groups is 3. The van der Waals surface area contributed by atoms with Crippen molar-refractivity contribution in [1.29, 1.82) is 0 Å². The van der Waals surface area contributed by atoms with Crippen LogP contribution in [-0.4, -0.2) is 67.2 Å². The van der Waals surface area contributed by atoms with Crippen LogP contribution in [0.25, 0.3) is 10.6 Å². The summed E-state index contributed by atoms with van der Waals surface area (Å²) in [7, 11) is 0. The summed E-state index contributed by atoms with van der Waals surface area (Å²) < 4.78 is 10.7. The molecule has 0 radical (unpaired) electrons. The highest BCUT2D eigenvalue weighted by molar-refractivity contribution is 7.17. The monoisotopic (exact) mass is 623 g/mol. The van der Waals surface area contributed by atoms with Crippen molar-refractivity contribution in [2.24, 2.45) is 5.41 Å². The molecule has 2 saturated heterocycles. The van der Waals surface area contributed by atoms with Gasteiger partial charge in [-0.25, -0.2) is 9.78 Å². The van der Waals surface area contributed by atoms with Crippen molar-refractivity contribution in [3.63, 3.8) is 0 Å². The summed E-state index contributed by atoms with van der Waals surface area (Å²) in [6, 6.07) is 16.0. The van der Waals surface area contributed by atoms with E-state index in [1.807, 2.05) is 12.1 Å². The summed E-state index contributed by atoms with van der Waals surface area (Å²) in [4.78, 5) is 54.0. The van der Waals surface area contributed by atoms with Gasteiger partial charge < -0.3 is 24.6 Å². The van der Waals surface area contributed by atoms with Gasteiger partial charge in [-0.15, -0.1) is 11.3 Å². The van der Waals surface area contributed by atoms with Crippen LogP contribution in [0.1, 0.15) is 55.7 Å². The minimum absolute atomic E-state index is 0.169. The first-order valence-electron chi connectivity index (χ1n) is 15.2. The van der Waals surface area contributed by atoms with Crippen LogP contribution in [0, 0.1) is 5.41 Å². The fraction of sp³-hybridized carbons (Fsp3) is 0.324. The molecule has 10 nitrogen and oxygen atoms in total. The summed E-state index contributed by atoms with van der Waals surface area (Å²) in [6.07, 6.45) is 6.05. The second kappa shape index (κ2) is 12.1. The van der Waals surface area contributed by atoms with Crippen LogP contribution in [0.4, 0.5) is 17.2 Å². The number of rotatable bonds is 6. The number of thiophene rings is 1. The number of hydrogen-bond acceptors (Lipinski definition) is 9. The lowest BCUT2D eigenvalue weighted by atomic mass is 9.73. The zero-order valence-electron chi connectivity index (χ0n) is 25.0. The van der Waals surface area contributed by atoms with Gasteiger partial charge in [0.1, 0.15) is 16.4 Å². The topological polar surface area (TPSA) is 114 Å². The molecule has 0 bridgehead atoms. The van der Waals surface area contributed by atoms with E-state index in [2.05, 4.69) is 20.2 Å². The molecule has 6 heterocycles. The molecule has 2 fully saturated rings. The number of nitrogens with one attached hydrogen (secondary N) is 1. The molecule has 3 aromatic heterocycles. The molecule has 230 valence electrons. The SMILES string of the molecule is CCOC(=O)c1cc2c(s1)-c1ncccc1N(C(=O)c1ccc(NC(=O)c3cccnc3N3CC4(CCOCC4)C3)cc1)CC2. The maximum Gasteiger partial charge on any atom is 0.348 e. The van der Waals surface area contributed by atoms with E-state index in [1.54, 1.807) is 66.7 Å². The zero-order valence-corrected chi connectivity index (χ0v) is 25.8. The molecule has 0 saturated carbocycles. The van der Waals surface area contributed by atoms with Crippen LogP contribution in [0.2, 0.25) is 0 Å². The molecule has 3 aliphatic heterocycles. The minimum atomic E-state index is -0.350. The lowest BCUT2D eigenvalue weighted by molar-refractivity contribution is -0.000511. The van der Waals surface area contributed by atoms with Crippen molar-refractivity contribution in [2.45, 2.75) is 26.2 Å². The molecule has 11 heteroatoms. The normalized spacial score (nSPS) is 16.6. The third kappa shape index (κ3) is 5.57. The maximum absolute atomic E-state index is 13.8. The second-order valence-electron chi connectivity index (χ2n) is 11.6. The molecule has 4 aromatic rings. The van der Waals surface area contributed by atoms with Gasteiger partial charge in [0.25, 0.3) is 11.8 Å². The summed E-state index contributed by atoms with van der Waals surface area (Å²) in [5.74, 6) is -0.0738. The summed E-state index contributed by atoms with van der Waals surface area (Å²) in [5.41, 5.74) is 4.17. The fourth-order valence-corrected chi connectivity index (χ4v) is 7.49. The van der Waals surface area contributed by atoms with E-state index in [4.69, 9.17) is 9.47 Å². The Hall–Kier alpha value is -4.61. The predicted molar refractivity (Wildman–Crippen MR) is 172 cm³/mol. The molecule has 0 atom stereocenters. The Labute approximate surface area is 265 Å². The van der Waals surface area contributed by atoms with Crippen LogP contribution in [-0.2, 0) is 15.9 Å². The van der Waals surface area contributed by atoms with E-state index in [0.29, 0.717) is 58.5 Å². The van der Waals surface area contributed by atoms with E-state index in [-0.39, 0.29) is 23.2 Å². The second-order valence-corrected chi connectivity index (χ2v) is 12.7. The smallest absolute Gasteiger partial charge is 0.348 e. The van der Waals surface area contributed by atoms with Gasteiger partial charge >= 0.3 is 5.97 Å². The Bertz CT molecular complexity index is 1760. The number of pyridine rings is 2. The standard InChI is InChI=1S/C34H33N5O5S/c1-2-44-33(42)27-19-23-11-16-39(26-6-4-14-35-28(26)29(23)45-27)32(41)22-7-9-24(10-8-22)37-31(40)25-5-3-15-36-30(25)38-20-34(21-38)12-17-43-18-13-34/h3-10,14-15,19H,2,11-13,16-18,20-21H2,1H3,(H,37,40). The van der Waals surface area contributed by atoms with Gasteiger partial charge in [0.15, 0.2) is 0 Å². The first-order valence-corrected chi connectivity index (χ1v) is 16.0. The summed E-state index contributed by atoms with van der Waals surface area (Å²) >= 11 is 1.34. The van der Waals surface area contributed by atoms with E-state index < -0.39 is 0 Å². The largest absolute Gasteiger partial charge is 0.462 e. The highest BCUT2D eigenvalue weighted by Crippen LogP contribution is 2.43. The number of amides is 2. The average Bonchev–Trinajstić information content (AvgIpc) is 3.42. The van der Waals surface area contributed by atoms with E-state index in [1.165, 1.54) is 11.3 Å². The Morgan fingerprint density at radius 3 is 2.56 bits per heavy atom. The van der Waals surface area contributed by atoms with Crippen molar-refractivity contribution in [3.05, 3.63) is 88.6 Å². The lowest BCUT2D eigenvalue weighted by Gasteiger charge is -2.53. The molecule has 7 rings (SSSR count). The molecule has 1 aromatic carbocycles. The van der Waals surface area contributed by atoms with Crippen molar-refractivity contribution < 1.29 is 23.9 Å². The van der Waals surface area contributed by atoms with E-state index in [0.717, 1.165) is 49.6 Å². The van der Waals surface area contributed by atoms with Crippen LogP contribution >= 0.6 is 11.3 Å². The van der Waals surface area contributed by atoms with Crippen molar-refractivity contribution in [3.8, 4) is 10.6 Å². The fourth-order valence-electron chi connectivity index (χ4n) is 6.38. The number of fused-ring (bicyclic) bond motifs is 3. The third-order valence-electron chi connectivity index (χ3n) is 8.75. The number of aromatic nitrogens is 2. The Morgan fingerprint density at radius 1 is 1.02 bits per heavy atom. The molecule has 1 N–H and O–H groups in total. The lowest BCUT2D eigenvalue weighted by Crippen LogP contribution is -2.59. The van der Waals surface area contributed by atoms with Gasteiger partial charge in [0.05, 0.1) is 22.7 Å². The molecular formula is C34H33N5O5S. The number of anilines is 3. The Balaban J connectivity index is 1.06. The highest BCUT2D eigenvalue weighted by Gasteiger charge is 2.45. The van der Waals surface area contributed by atoms with E-state index >= 15 is 0 Å². The van der Waals surface area contributed by atoms with Gasteiger partial charge in [-0.1, -0.05) is 0 Å². The van der Waals surface area contributed by atoms with Gasteiger partial charge in [-0.05, 0) is 86.3 Å². The van der Waals surface area contributed by atoms with Crippen LogP contribution in [0.5, 0.6) is 0 Å². The summed E-state index contributed by atoms with van der Waals surface area (Å²) in [6.45, 7) is 5.84. The molecule has 45 heavy (non-hydrogen) atoms. The molecule has 1 spiro atoms. The number of esters is 1. The van der Waals surface area contributed by atoms with Crippen LogP contribution in [0.15, 0.2) is 67.0 Å². The van der Waals surface area contributed by atoms with Gasteiger partial charge in [-0.2, -0.15) is 0 Å². The summed E-state index contributed by atoms with van der Waals surface area (Å²) in [5, 5.41) is 2.98. The number of hydrogen-bond donors (Lipinski definition) is 1. The van der Waals surface area contributed by atoms with Crippen LogP contribution < -0.4 is 15.1 Å². The predicted octanol–water partition coefficient (Wildman–Crippen LogP) is 5.45. The third-order valence-corrected chi connectivity index (χ3v) is 9.92.